The van der Waals surface area contributed by atoms with E-state index in [2.05, 4.69) is 10.6 Å². The molecule has 0 aliphatic rings. The average Bonchev–Trinajstić information content (AvgIpc) is 2.48. The summed E-state index contributed by atoms with van der Waals surface area (Å²) in [5, 5.41) is 6.19. The fourth-order valence-electron chi connectivity index (χ4n) is 1.88. The molecule has 21 heavy (non-hydrogen) atoms. The largest absolute Gasteiger partial charge is 0.324 e. The number of carbonyl (C=O) groups excluding carboxylic acids is 1. The van der Waals surface area contributed by atoms with Crippen LogP contribution in [0.5, 0.6) is 0 Å². The Morgan fingerprint density at radius 3 is 2.57 bits per heavy atom. The van der Waals surface area contributed by atoms with Crippen LogP contribution in [0.15, 0.2) is 48.5 Å². The van der Waals surface area contributed by atoms with Crippen LogP contribution in [0.2, 0.25) is 5.02 Å². The molecule has 0 fully saturated rings. The van der Waals surface area contributed by atoms with Crippen LogP contribution >= 0.6 is 11.6 Å². The Morgan fingerprint density at radius 2 is 1.81 bits per heavy atom. The van der Waals surface area contributed by atoms with Crippen LogP contribution in [0.3, 0.4) is 0 Å². The van der Waals surface area contributed by atoms with Gasteiger partial charge in [0.2, 0.25) is 5.91 Å². The van der Waals surface area contributed by atoms with Crippen molar-refractivity contribution < 1.29 is 9.18 Å². The number of hydrogen-bond acceptors (Lipinski definition) is 2. The van der Waals surface area contributed by atoms with Crippen molar-refractivity contribution >= 4 is 23.2 Å². The molecular weight excluding hydrogens is 291 g/mol. The van der Waals surface area contributed by atoms with Gasteiger partial charge in [-0.1, -0.05) is 41.9 Å². The van der Waals surface area contributed by atoms with Gasteiger partial charge in [0.15, 0.2) is 0 Å². The van der Waals surface area contributed by atoms with E-state index in [1.54, 1.807) is 42.5 Å². The van der Waals surface area contributed by atoms with Crippen molar-refractivity contribution in [1.82, 2.24) is 5.32 Å². The third kappa shape index (κ3) is 4.85. The van der Waals surface area contributed by atoms with E-state index in [0.29, 0.717) is 29.2 Å². The predicted molar refractivity (Wildman–Crippen MR) is 83.1 cm³/mol. The first-order valence-electron chi connectivity index (χ1n) is 6.65. The number of benzene rings is 2. The SMILES string of the molecule is O=C(CNCCc1ccccc1F)Nc1ccccc1Cl. The first-order chi connectivity index (χ1) is 10.2. The second-order valence-corrected chi connectivity index (χ2v) is 4.95. The minimum absolute atomic E-state index is 0.152. The first kappa shape index (κ1) is 15.5. The number of rotatable bonds is 6. The average molecular weight is 307 g/mol. The number of hydrogen-bond donors (Lipinski definition) is 2. The van der Waals surface area contributed by atoms with Crippen LogP contribution in [-0.4, -0.2) is 19.0 Å². The maximum absolute atomic E-state index is 13.4. The molecule has 1 amide bonds. The monoisotopic (exact) mass is 306 g/mol. The fourth-order valence-corrected chi connectivity index (χ4v) is 2.07. The Morgan fingerprint density at radius 1 is 1.10 bits per heavy atom. The lowest BCUT2D eigenvalue weighted by Crippen LogP contribution is -2.29. The summed E-state index contributed by atoms with van der Waals surface area (Å²) in [7, 11) is 0. The van der Waals surface area contributed by atoms with E-state index >= 15 is 0 Å². The standard InChI is InChI=1S/C16H16ClFN2O/c17-13-6-2-4-8-15(13)20-16(21)11-19-10-9-12-5-1-3-7-14(12)18/h1-8,19H,9-11H2,(H,20,21). The minimum atomic E-state index is -0.222. The molecule has 0 radical (unpaired) electrons. The topological polar surface area (TPSA) is 41.1 Å². The number of para-hydroxylation sites is 1. The van der Waals surface area contributed by atoms with E-state index in [1.165, 1.54) is 6.07 Å². The molecule has 3 nitrogen and oxygen atoms in total. The second-order valence-electron chi connectivity index (χ2n) is 4.55. The lowest BCUT2D eigenvalue weighted by Gasteiger charge is -2.08. The molecule has 0 aliphatic heterocycles. The van der Waals surface area contributed by atoms with Crippen LogP contribution in [0.25, 0.3) is 0 Å². The summed E-state index contributed by atoms with van der Waals surface area (Å²) >= 11 is 5.95. The van der Waals surface area contributed by atoms with Crippen LogP contribution in [0.4, 0.5) is 10.1 Å². The zero-order valence-electron chi connectivity index (χ0n) is 11.4. The summed E-state index contributed by atoms with van der Waals surface area (Å²) in [6.07, 6.45) is 0.534. The maximum Gasteiger partial charge on any atom is 0.238 e. The molecule has 0 saturated heterocycles. The van der Waals surface area contributed by atoms with Gasteiger partial charge in [0, 0.05) is 0 Å². The molecule has 0 saturated carbocycles. The molecule has 0 unspecified atom stereocenters. The summed E-state index contributed by atoms with van der Waals surface area (Å²) in [6, 6.07) is 13.7. The molecule has 0 aliphatic carbocycles. The van der Waals surface area contributed by atoms with Crippen molar-refractivity contribution in [2.24, 2.45) is 0 Å². The lowest BCUT2D eigenvalue weighted by atomic mass is 10.1. The molecule has 0 aromatic heterocycles. The highest BCUT2D eigenvalue weighted by molar-refractivity contribution is 6.33. The van der Waals surface area contributed by atoms with Gasteiger partial charge in [0.25, 0.3) is 0 Å². The maximum atomic E-state index is 13.4. The van der Waals surface area contributed by atoms with Crippen molar-refractivity contribution in [3.63, 3.8) is 0 Å². The summed E-state index contributed by atoms with van der Waals surface area (Å²) in [4.78, 5) is 11.7. The lowest BCUT2D eigenvalue weighted by molar-refractivity contribution is -0.115. The number of halogens is 2. The molecule has 110 valence electrons. The quantitative estimate of drug-likeness (QED) is 0.804. The fraction of sp³-hybridized carbons (Fsp3) is 0.188. The zero-order chi connectivity index (χ0) is 15.1. The predicted octanol–water partition coefficient (Wildman–Crippen LogP) is 3.25. The molecule has 2 aromatic carbocycles. The highest BCUT2D eigenvalue weighted by Crippen LogP contribution is 2.19. The normalized spacial score (nSPS) is 10.4. The van der Waals surface area contributed by atoms with Gasteiger partial charge in [-0.15, -0.1) is 0 Å². The van der Waals surface area contributed by atoms with Gasteiger partial charge >= 0.3 is 0 Å². The Kier molecular flexibility index (Phi) is 5.72. The molecule has 0 spiro atoms. The van der Waals surface area contributed by atoms with Crippen molar-refractivity contribution in [3.8, 4) is 0 Å². The summed E-state index contributed by atoms with van der Waals surface area (Å²) < 4.78 is 13.4. The van der Waals surface area contributed by atoms with Crippen LogP contribution < -0.4 is 10.6 Å². The van der Waals surface area contributed by atoms with Gasteiger partial charge in [0.1, 0.15) is 5.82 Å². The highest BCUT2D eigenvalue weighted by atomic mass is 35.5. The van der Waals surface area contributed by atoms with Crippen molar-refractivity contribution in [2.45, 2.75) is 6.42 Å². The minimum Gasteiger partial charge on any atom is -0.324 e. The molecule has 2 N–H and O–H groups in total. The van der Waals surface area contributed by atoms with Gasteiger partial charge in [-0.05, 0) is 36.7 Å². The number of carbonyl (C=O) groups is 1. The molecular formula is C16H16ClFN2O. The van der Waals surface area contributed by atoms with Crippen LogP contribution in [-0.2, 0) is 11.2 Å². The van der Waals surface area contributed by atoms with E-state index in [4.69, 9.17) is 11.6 Å². The summed E-state index contributed by atoms with van der Waals surface area (Å²) in [6.45, 7) is 0.677. The van der Waals surface area contributed by atoms with Gasteiger partial charge in [-0.25, -0.2) is 4.39 Å². The summed E-state index contributed by atoms with van der Waals surface area (Å²) in [5.41, 5.74) is 1.22. The van der Waals surface area contributed by atoms with Crippen molar-refractivity contribution in [3.05, 3.63) is 64.9 Å². The van der Waals surface area contributed by atoms with E-state index in [1.807, 2.05) is 0 Å². The third-order valence-electron chi connectivity index (χ3n) is 2.96. The van der Waals surface area contributed by atoms with Crippen molar-refractivity contribution in [1.29, 1.82) is 0 Å². The number of nitrogens with one attached hydrogen (secondary N) is 2. The second kappa shape index (κ2) is 7.76. The van der Waals surface area contributed by atoms with Crippen molar-refractivity contribution in [2.75, 3.05) is 18.4 Å². The molecule has 2 aromatic rings. The van der Waals surface area contributed by atoms with Crippen LogP contribution in [0, 0.1) is 5.82 Å². The zero-order valence-corrected chi connectivity index (χ0v) is 12.2. The Balaban J connectivity index is 1.73. The molecule has 0 atom stereocenters. The Hall–Kier alpha value is -1.91. The third-order valence-corrected chi connectivity index (χ3v) is 3.29. The number of anilines is 1. The van der Waals surface area contributed by atoms with E-state index < -0.39 is 0 Å². The van der Waals surface area contributed by atoms with E-state index in [-0.39, 0.29) is 18.3 Å². The summed E-state index contributed by atoms with van der Waals surface area (Å²) in [5.74, 6) is -0.406. The molecule has 2 rings (SSSR count). The highest BCUT2D eigenvalue weighted by Gasteiger charge is 2.05. The number of amides is 1. The first-order valence-corrected chi connectivity index (χ1v) is 7.03. The molecule has 0 bridgehead atoms. The van der Waals surface area contributed by atoms with E-state index in [0.717, 1.165) is 0 Å². The Bertz CT molecular complexity index is 619. The Labute approximate surface area is 128 Å². The van der Waals surface area contributed by atoms with E-state index in [9.17, 15) is 9.18 Å². The van der Waals surface area contributed by atoms with Gasteiger partial charge in [0.05, 0.1) is 17.3 Å². The van der Waals surface area contributed by atoms with Gasteiger partial charge in [-0.3, -0.25) is 4.79 Å². The molecule has 0 heterocycles. The van der Waals surface area contributed by atoms with Gasteiger partial charge < -0.3 is 10.6 Å². The molecule has 5 heteroatoms. The van der Waals surface area contributed by atoms with Gasteiger partial charge in [-0.2, -0.15) is 0 Å². The van der Waals surface area contributed by atoms with Crippen LogP contribution in [0.1, 0.15) is 5.56 Å². The smallest absolute Gasteiger partial charge is 0.238 e.